The second-order valence-electron chi connectivity index (χ2n) is 11.9. The molecule has 1 N–H and O–H groups in total. The number of hydrogen-bond donors (Lipinski definition) is 1. The van der Waals surface area contributed by atoms with Gasteiger partial charge in [-0.3, -0.25) is 24.1 Å². The van der Waals surface area contributed by atoms with E-state index in [1.165, 1.54) is 24.3 Å². The van der Waals surface area contributed by atoms with Crippen LogP contribution in [0.15, 0.2) is 48.0 Å². The Labute approximate surface area is 272 Å². The van der Waals surface area contributed by atoms with Gasteiger partial charge in [-0.25, -0.2) is 4.90 Å². The Morgan fingerprint density at radius 2 is 1.55 bits per heavy atom. The van der Waals surface area contributed by atoms with Crippen LogP contribution in [-0.4, -0.2) is 57.0 Å². The first-order valence-electron chi connectivity index (χ1n) is 14.3. The third-order valence-electron chi connectivity index (χ3n) is 9.49. The van der Waals surface area contributed by atoms with E-state index in [9.17, 15) is 50.6 Å². The number of aromatic hydroxyl groups is 1. The number of halogens is 8. The number of phenolic OH excluding ortho intramolecular Hbond substituents is 1. The molecule has 16 heteroatoms. The number of allylic oxidation sites excluding steroid dienone is 2. The van der Waals surface area contributed by atoms with Crippen LogP contribution in [0.1, 0.15) is 42.4 Å². The predicted molar refractivity (Wildman–Crippen MR) is 154 cm³/mol. The molecule has 0 spiro atoms. The molecule has 0 bridgehead atoms. The number of para-hydroxylation sites is 1. The standard InChI is InChI=1S/C31H24Cl2F6N2O6/c1-3-47-20-6-4-5-18(23(20)42)22-16-7-8-17-21(19(16)12-28(32)26(45)40(2)27(46)29(22,28)33)25(44)41(24(17)43)15-10-13(30(34,35)36)9-14(11-15)31(37,38)39/h4-7,9-11,17,19,21-22,42H,3,8,12H2,1-2H3/t17-,19+,21-,22+,28+,29-/m0/s1. The molecule has 2 aromatic rings. The van der Waals surface area contributed by atoms with Gasteiger partial charge in [0, 0.05) is 18.5 Å². The number of phenols is 1. The lowest BCUT2D eigenvalue weighted by Gasteiger charge is -2.50. The zero-order chi connectivity index (χ0) is 34.6. The summed E-state index contributed by atoms with van der Waals surface area (Å²) in [4.78, 5) is 51.6. The van der Waals surface area contributed by atoms with Gasteiger partial charge in [0.2, 0.25) is 11.8 Å². The number of fused-ring (bicyclic) bond motifs is 4. The van der Waals surface area contributed by atoms with Crippen molar-refractivity contribution in [1.29, 1.82) is 0 Å². The minimum atomic E-state index is -5.24. The highest BCUT2D eigenvalue weighted by molar-refractivity contribution is 6.53. The molecule has 2 saturated heterocycles. The molecule has 0 aromatic heterocycles. The van der Waals surface area contributed by atoms with E-state index in [2.05, 4.69) is 0 Å². The molecule has 2 heterocycles. The lowest BCUT2D eigenvalue weighted by Crippen LogP contribution is -2.60. The monoisotopic (exact) mass is 704 g/mol. The number of amides is 4. The third kappa shape index (κ3) is 4.57. The van der Waals surface area contributed by atoms with E-state index in [0.29, 0.717) is 17.0 Å². The molecule has 2 aliphatic heterocycles. The summed E-state index contributed by atoms with van der Waals surface area (Å²) in [6, 6.07) is 4.82. The number of anilines is 1. The van der Waals surface area contributed by atoms with E-state index in [1.807, 2.05) is 0 Å². The number of ether oxygens (including phenoxy) is 1. The van der Waals surface area contributed by atoms with E-state index >= 15 is 0 Å². The number of carbonyl (C=O) groups is 4. The molecular formula is C31H24Cl2F6N2O6. The zero-order valence-electron chi connectivity index (χ0n) is 24.4. The van der Waals surface area contributed by atoms with Crippen LogP contribution in [0.5, 0.6) is 11.5 Å². The zero-order valence-corrected chi connectivity index (χ0v) is 25.9. The number of rotatable bonds is 4. The highest BCUT2D eigenvalue weighted by atomic mass is 35.5. The van der Waals surface area contributed by atoms with Crippen LogP contribution in [0.4, 0.5) is 32.0 Å². The Morgan fingerprint density at radius 3 is 2.13 bits per heavy atom. The van der Waals surface area contributed by atoms with Crippen molar-refractivity contribution >= 4 is 52.5 Å². The molecule has 2 aromatic carbocycles. The molecule has 250 valence electrons. The molecule has 3 fully saturated rings. The van der Waals surface area contributed by atoms with Crippen molar-refractivity contribution in [2.24, 2.45) is 17.8 Å². The van der Waals surface area contributed by atoms with Crippen molar-refractivity contribution in [2.75, 3.05) is 18.6 Å². The molecule has 47 heavy (non-hydrogen) atoms. The van der Waals surface area contributed by atoms with E-state index in [1.54, 1.807) is 6.92 Å². The maximum Gasteiger partial charge on any atom is 0.416 e. The number of hydrogen-bond acceptors (Lipinski definition) is 6. The van der Waals surface area contributed by atoms with Crippen molar-refractivity contribution in [3.8, 4) is 11.5 Å². The molecule has 6 atom stereocenters. The number of nitrogens with zero attached hydrogens (tertiary/aromatic N) is 2. The van der Waals surface area contributed by atoms with E-state index in [4.69, 9.17) is 27.9 Å². The summed E-state index contributed by atoms with van der Waals surface area (Å²) in [6.45, 7) is 1.80. The Bertz CT molecular complexity index is 1750. The van der Waals surface area contributed by atoms with Crippen molar-refractivity contribution in [3.63, 3.8) is 0 Å². The largest absolute Gasteiger partial charge is 0.504 e. The topological polar surface area (TPSA) is 104 Å². The van der Waals surface area contributed by atoms with Gasteiger partial charge >= 0.3 is 12.4 Å². The number of alkyl halides is 8. The van der Waals surface area contributed by atoms with Gasteiger partial charge in [0.05, 0.1) is 35.3 Å². The second-order valence-corrected chi connectivity index (χ2v) is 13.1. The van der Waals surface area contributed by atoms with E-state index < -0.39 is 98.4 Å². The van der Waals surface area contributed by atoms with E-state index in [0.717, 1.165) is 11.9 Å². The molecule has 0 radical (unpaired) electrons. The fraction of sp³-hybridized carbons (Fsp3) is 0.419. The van der Waals surface area contributed by atoms with Crippen LogP contribution >= 0.6 is 23.2 Å². The van der Waals surface area contributed by atoms with Crippen molar-refractivity contribution in [2.45, 2.75) is 47.8 Å². The van der Waals surface area contributed by atoms with Crippen LogP contribution in [0.3, 0.4) is 0 Å². The van der Waals surface area contributed by atoms with Gasteiger partial charge in [-0.05, 0) is 49.9 Å². The Morgan fingerprint density at radius 1 is 0.936 bits per heavy atom. The number of benzene rings is 2. The molecule has 6 rings (SSSR count). The average molecular weight is 705 g/mol. The maximum atomic E-state index is 14.1. The maximum absolute atomic E-state index is 14.1. The Hall–Kier alpha value is -3.78. The molecule has 8 nitrogen and oxygen atoms in total. The van der Waals surface area contributed by atoms with Crippen molar-refractivity contribution < 1.29 is 55.4 Å². The molecule has 4 aliphatic rings. The molecule has 2 aliphatic carbocycles. The van der Waals surface area contributed by atoms with Gasteiger partial charge in [0.15, 0.2) is 21.2 Å². The van der Waals surface area contributed by atoms with Gasteiger partial charge in [0.1, 0.15) is 0 Å². The van der Waals surface area contributed by atoms with Gasteiger partial charge < -0.3 is 9.84 Å². The second kappa shape index (κ2) is 10.6. The summed E-state index contributed by atoms with van der Waals surface area (Å²) in [5.41, 5.74) is -4.09. The highest BCUT2D eigenvalue weighted by Gasteiger charge is 2.76. The van der Waals surface area contributed by atoms with Gasteiger partial charge in [0.25, 0.3) is 11.8 Å². The summed E-state index contributed by atoms with van der Waals surface area (Å²) in [7, 11) is 1.16. The fourth-order valence-corrected chi connectivity index (χ4v) is 8.47. The fourth-order valence-electron chi connectivity index (χ4n) is 7.46. The quantitative estimate of drug-likeness (QED) is 0.181. The lowest BCUT2D eigenvalue weighted by molar-refractivity contribution is -0.143. The Balaban J connectivity index is 1.51. The van der Waals surface area contributed by atoms with Crippen LogP contribution in [0.2, 0.25) is 0 Å². The van der Waals surface area contributed by atoms with Crippen LogP contribution in [0, 0.1) is 17.8 Å². The minimum Gasteiger partial charge on any atom is -0.504 e. The molecule has 0 unspecified atom stereocenters. The van der Waals surface area contributed by atoms with Gasteiger partial charge in [-0.1, -0.05) is 23.8 Å². The average Bonchev–Trinajstić information content (AvgIpc) is 3.32. The first-order valence-corrected chi connectivity index (χ1v) is 15.1. The summed E-state index contributed by atoms with van der Waals surface area (Å²) in [5.74, 6) is -9.57. The van der Waals surface area contributed by atoms with Gasteiger partial charge in [-0.15, -0.1) is 23.2 Å². The minimum absolute atomic E-state index is 0.00952. The number of likely N-dealkylation sites (tertiary alicyclic amines) is 1. The highest BCUT2D eigenvalue weighted by Crippen LogP contribution is 2.66. The third-order valence-corrected chi connectivity index (χ3v) is 10.9. The number of carbonyl (C=O) groups excluding carboxylic acids is 4. The van der Waals surface area contributed by atoms with E-state index in [-0.39, 0.29) is 36.0 Å². The van der Waals surface area contributed by atoms with Crippen LogP contribution < -0.4 is 9.64 Å². The van der Waals surface area contributed by atoms with Crippen molar-refractivity contribution in [1.82, 2.24) is 4.90 Å². The number of imide groups is 2. The van der Waals surface area contributed by atoms with Crippen LogP contribution in [0.25, 0.3) is 0 Å². The van der Waals surface area contributed by atoms with Crippen molar-refractivity contribution in [3.05, 3.63) is 64.7 Å². The lowest BCUT2D eigenvalue weighted by atomic mass is 9.56. The SMILES string of the molecule is CCOc1cccc([C@H]2C3=CC[C@@H]4C(=O)N(c5cc(C(F)(F)F)cc(C(F)(F)F)c5)C(=O)[C@@H]4[C@@H]3C[C@@]3(Cl)C(=O)N(C)C(=O)[C@@]23Cl)c1O. The molecular weight excluding hydrogens is 681 g/mol. The molecule has 1 saturated carbocycles. The summed E-state index contributed by atoms with van der Waals surface area (Å²) in [5, 5.41) is 11.3. The predicted octanol–water partition coefficient (Wildman–Crippen LogP) is 6.02. The summed E-state index contributed by atoms with van der Waals surface area (Å²) in [6.07, 6.45) is -9.68. The Kier molecular flexibility index (Phi) is 7.48. The summed E-state index contributed by atoms with van der Waals surface area (Å²) >= 11 is 14.1. The first kappa shape index (κ1) is 33.1. The first-order chi connectivity index (χ1) is 21.8. The molecule has 4 amide bonds. The van der Waals surface area contributed by atoms with Crippen LogP contribution in [-0.2, 0) is 31.5 Å². The normalized spacial score (nSPS) is 30.7. The summed E-state index contributed by atoms with van der Waals surface area (Å²) < 4.78 is 87.5. The van der Waals surface area contributed by atoms with Gasteiger partial charge in [-0.2, -0.15) is 26.3 Å². The smallest absolute Gasteiger partial charge is 0.416 e.